The Hall–Kier alpha value is -3.06. The molecule has 0 saturated carbocycles. The minimum absolute atomic E-state index is 0.259. The maximum absolute atomic E-state index is 12.2. The molecule has 7 heteroatoms. The van der Waals surface area contributed by atoms with E-state index >= 15 is 0 Å². The summed E-state index contributed by atoms with van der Waals surface area (Å²) < 4.78 is 4.98. The predicted molar refractivity (Wildman–Crippen MR) is 94.3 cm³/mol. The normalized spacial score (nSPS) is 10.3. The van der Waals surface area contributed by atoms with Gasteiger partial charge in [-0.05, 0) is 30.3 Å². The van der Waals surface area contributed by atoms with Gasteiger partial charge in [0.05, 0.1) is 12.2 Å². The number of aromatic nitrogens is 2. The van der Waals surface area contributed by atoms with E-state index in [1.165, 1.54) is 24.3 Å². The smallest absolute Gasteiger partial charge is 0.308 e. The molecule has 1 N–H and O–H groups in total. The van der Waals surface area contributed by atoms with Gasteiger partial charge in [-0.15, -0.1) is 11.3 Å². The van der Waals surface area contributed by atoms with Crippen LogP contribution in [-0.2, 0) is 11.3 Å². The second-order valence-corrected chi connectivity index (χ2v) is 6.05. The first-order chi connectivity index (χ1) is 12.1. The molecule has 1 aromatic carbocycles. The SMILES string of the molecule is CC(=O)Oc1cccc(C(=O)NCc2csc(-c3cccnc3)n2)c1. The van der Waals surface area contributed by atoms with Crippen LogP contribution < -0.4 is 10.1 Å². The standard InChI is InChI=1S/C18H15N3O3S/c1-12(22)24-16-6-2-4-13(8-16)17(23)20-10-15-11-25-18(21-15)14-5-3-7-19-9-14/h2-9,11H,10H2,1H3,(H,20,23). The lowest BCUT2D eigenvalue weighted by Crippen LogP contribution is -2.23. The van der Waals surface area contributed by atoms with E-state index in [4.69, 9.17) is 4.74 Å². The van der Waals surface area contributed by atoms with Crippen LogP contribution in [0.2, 0.25) is 0 Å². The fraction of sp³-hybridized carbons (Fsp3) is 0.111. The Morgan fingerprint density at radius 1 is 1.24 bits per heavy atom. The average Bonchev–Trinajstić information content (AvgIpc) is 3.09. The Bertz CT molecular complexity index is 893. The highest BCUT2D eigenvalue weighted by Gasteiger charge is 2.10. The molecule has 0 spiro atoms. The van der Waals surface area contributed by atoms with Crippen molar-refractivity contribution < 1.29 is 14.3 Å². The van der Waals surface area contributed by atoms with Crippen LogP contribution in [0.4, 0.5) is 0 Å². The van der Waals surface area contributed by atoms with E-state index in [0.717, 1.165) is 16.3 Å². The molecule has 0 bridgehead atoms. The lowest BCUT2D eigenvalue weighted by molar-refractivity contribution is -0.131. The van der Waals surface area contributed by atoms with Gasteiger partial charge in [-0.25, -0.2) is 4.98 Å². The van der Waals surface area contributed by atoms with Crippen LogP contribution in [0.15, 0.2) is 54.2 Å². The van der Waals surface area contributed by atoms with Gasteiger partial charge >= 0.3 is 5.97 Å². The van der Waals surface area contributed by atoms with Gasteiger partial charge in [-0.3, -0.25) is 14.6 Å². The number of nitrogens with one attached hydrogen (secondary N) is 1. The number of hydrogen-bond donors (Lipinski definition) is 1. The Balaban J connectivity index is 1.63. The van der Waals surface area contributed by atoms with Crippen molar-refractivity contribution in [2.24, 2.45) is 0 Å². The summed E-state index contributed by atoms with van der Waals surface area (Å²) in [6.07, 6.45) is 3.46. The van der Waals surface area contributed by atoms with Crippen LogP contribution in [0.25, 0.3) is 10.6 Å². The van der Waals surface area contributed by atoms with Crippen LogP contribution in [-0.4, -0.2) is 21.8 Å². The number of amides is 1. The van der Waals surface area contributed by atoms with E-state index in [2.05, 4.69) is 15.3 Å². The third-order valence-corrected chi connectivity index (χ3v) is 4.19. The van der Waals surface area contributed by atoms with Crippen molar-refractivity contribution in [1.82, 2.24) is 15.3 Å². The van der Waals surface area contributed by atoms with Gasteiger partial charge in [0.2, 0.25) is 0 Å². The molecule has 3 rings (SSSR count). The number of thiazole rings is 1. The zero-order chi connectivity index (χ0) is 17.6. The largest absolute Gasteiger partial charge is 0.427 e. The predicted octanol–water partition coefficient (Wildman–Crippen LogP) is 3.06. The van der Waals surface area contributed by atoms with Crippen molar-refractivity contribution in [3.8, 4) is 16.3 Å². The molecule has 0 aliphatic heterocycles. The highest BCUT2D eigenvalue weighted by molar-refractivity contribution is 7.13. The molecule has 6 nitrogen and oxygen atoms in total. The molecular weight excluding hydrogens is 338 g/mol. The van der Waals surface area contributed by atoms with Gasteiger partial charge in [0, 0.05) is 35.8 Å². The molecule has 1 amide bonds. The van der Waals surface area contributed by atoms with E-state index in [-0.39, 0.29) is 5.91 Å². The number of carbonyl (C=O) groups is 2. The van der Waals surface area contributed by atoms with Gasteiger partial charge in [0.1, 0.15) is 10.8 Å². The van der Waals surface area contributed by atoms with Crippen LogP contribution in [0, 0.1) is 0 Å². The first kappa shape index (κ1) is 16.8. The summed E-state index contributed by atoms with van der Waals surface area (Å²) in [6.45, 7) is 1.63. The van der Waals surface area contributed by atoms with Crippen LogP contribution in [0.5, 0.6) is 5.75 Å². The van der Waals surface area contributed by atoms with Gasteiger partial charge in [-0.1, -0.05) is 6.07 Å². The Morgan fingerprint density at radius 2 is 2.12 bits per heavy atom. The molecule has 2 heterocycles. The Kier molecular flexibility index (Phi) is 5.15. The lowest BCUT2D eigenvalue weighted by Gasteiger charge is -2.06. The van der Waals surface area contributed by atoms with E-state index in [0.29, 0.717) is 17.9 Å². The summed E-state index contributed by atoms with van der Waals surface area (Å²) in [7, 11) is 0. The highest BCUT2D eigenvalue weighted by Crippen LogP contribution is 2.22. The van der Waals surface area contributed by atoms with E-state index in [1.807, 2.05) is 17.5 Å². The molecule has 0 aliphatic carbocycles. The quantitative estimate of drug-likeness (QED) is 0.563. The second-order valence-electron chi connectivity index (χ2n) is 5.19. The van der Waals surface area contributed by atoms with Crippen molar-refractivity contribution in [3.05, 3.63) is 65.4 Å². The number of hydrogen-bond acceptors (Lipinski definition) is 6. The maximum Gasteiger partial charge on any atom is 0.308 e. The van der Waals surface area contributed by atoms with Crippen LogP contribution in [0.3, 0.4) is 0 Å². The molecule has 0 saturated heterocycles. The summed E-state index contributed by atoms with van der Waals surface area (Å²) in [5.74, 6) is -0.347. The highest BCUT2D eigenvalue weighted by atomic mass is 32.1. The van der Waals surface area contributed by atoms with Gasteiger partial charge in [0.15, 0.2) is 0 Å². The van der Waals surface area contributed by atoms with Gasteiger partial charge in [-0.2, -0.15) is 0 Å². The monoisotopic (exact) mass is 353 g/mol. The maximum atomic E-state index is 12.2. The molecule has 0 unspecified atom stereocenters. The summed E-state index contributed by atoms with van der Waals surface area (Å²) >= 11 is 1.50. The molecule has 3 aromatic rings. The number of pyridine rings is 1. The number of rotatable bonds is 5. The first-order valence-corrected chi connectivity index (χ1v) is 8.41. The zero-order valence-corrected chi connectivity index (χ0v) is 14.2. The third kappa shape index (κ3) is 4.48. The molecule has 25 heavy (non-hydrogen) atoms. The summed E-state index contributed by atoms with van der Waals surface area (Å²) in [6, 6.07) is 10.3. The first-order valence-electron chi connectivity index (χ1n) is 7.53. The molecular formula is C18H15N3O3S. The average molecular weight is 353 g/mol. The minimum atomic E-state index is -0.428. The van der Waals surface area contributed by atoms with Crippen molar-refractivity contribution in [2.45, 2.75) is 13.5 Å². The molecule has 0 fully saturated rings. The van der Waals surface area contributed by atoms with Crippen LogP contribution in [0.1, 0.15) is 23.0 Å². The van der Waals surface area contributed by atoms with E-state index < -0.39 is 5.97 Å². The lowest BCUT2D eigenvalue weighted by atomic mass is 10.2. The molecule has 2 aromatic heterocycles. The Morgan fingerprint density at radius 3 is 2.88 bits per heavy atom. The molecule has 0 aliphatic rings. The van der Waals surface area contributed by atoms with Crippen molar-refractivity contribution in [2.75, 3.05) is 0 Å². The van der Waals surface area contributed by atoms with Crippen molar-refractivity contribution in [1.29, 1.82) is 0 Å². The van der Waals surface area contributed by atoms with Crippen LogP contribution >= 0.6 is 11.3 Å². The Labute approximate surface area is 148 Å². The molecule has 0 radical (unpaired) electrons. The molecule has 126 valence electrons. The minimum Gasteiger partial charge on any atom is -0.427 e. The number of benzene rings is 1. The number of nitrogens with zero attached hydrogens (tertiary/aromatic N) is 2. The van der Waals surface area contributed by atoms with Crippen molar-refractivity contribution in [3.63, 3.8) is 0 Å². The van der Waals surface area contributed by atoms with E-state index in [9.17, 15) is 9.59 Å². The zero-order valence-electron chi connectivity index (χ0n) is 13.4. The number of carbonyl (C=O) groups excluding carboxylic acids is 2. The summed E-state index contributed by atoms with van der Waals surface area (Å²) in [5.41, 5.74) is 2.13. The van der Waals surface area contributed by atoms with E-state index in [1.54, 1.807) is 30.6 Å². The second kappa shape index (κ2) is 7.67. The van der Waals surface area contributed by atoms with Gasteiger partial charge in [0.25, 0.3) is 5.91 Å². The fourth-order valence-electron chi connectivity index (χ4n) is 2.15. The summed E-state index contributed by atoms with van der Waals surface area (Å²) in [4.78, 5) is 31.8. The third-order valence-electron chi connectivity index (χ3n) is 3.25. The number of esters is 1. The number of ether oxygens (including phenoxy) is 1. The molecule has 0 atom stereocenters. The van der Waals surface area contributed by atoms with Gasteiger partial charge < -0.3 is 10.1 Å². The fourth-order valence-corrected chi connectivity index (χ4v) is 2.96. The topological polar surface area (TPSA) is 81.2 Å². The van der Waals surface area contributed by atoms with Crippen molar-refractivity contribution >= 4 is 23.2 Å². The summed E-state index contributed by atoms with van der Waals surface area (Å²) in [5, 5.41) is 5.57.